The fourth-order valence-corrected chi connectivity index (χ4v) is 0.462. The van der Waals surface area contributed by atoms with Crippen LogP contribution >= 0.6 is 0 Å². The van der Waals surface area contributed by atoms with Crippen molar-refractivity contribution in [1.82, 2.24) is 4.98 Å². The molecule has 1 heterocycles. The maximum absolute atomic E-state index is 4.85. The van der Waals surface area contributed by atoms with E-state index in [1.807, 2.05) is 6.92 Å². The fraction of sp³-hybridized carbons (Fsp3) is 0.400. The summed E-state index contributed by atoms with van der Waals surface area (Å²) in [6.07, 6.45) is 3.15. The van der Waals surface area contributed by atoms with Crippen LogP contribution in [0.1, 0.15) is 6.92 Å². The summed E-state index contributed by atoms with van der Waals surface area (Å²) in [4.78, 5) is 3.83. The van der Waals surface area contributed by atoms with Crippen LogP contribution in [-0.2, 0) is 0 Å². The zero-order valence-electron chi connectivity index (χ0n) is 4.72. The Kier molecular flexibility index (Phi) is 1.51. The van der Waals surface area contributed by atoms with Gasteiger partial charge in [0.15, 0.2) is 0 Å². The van der Waals surface area contributed by atoms with Crippen LogP contribution in [0.25, 0.3) is 0 Å². The number of rotatable bonds is 2. The van der Waals surface area contributed by atoms with Crippen molar-refractivity contribution >= 4 is 6.01 Å². The van der Waals surface area contributed by atoms with Crippen LogP contribution in [-0.4, -0.2) is 11.5 Å². The third kappa shape index (κ3) is 0.992. The molecule has 0 aliphatic carbocycles. The molecule has 1 aromatic rings. The van der Waals surface area contributed by atoms with E-state index < -0.39 is 0 Å². The van der Waals surface area contributed by atoms with Gasteiger partial charge in [-0.3, -0.25) is 0 Å². The molecule has 0 aliphatic heterocycles. The van der Waals surface area contributed by atoms with Gasteiger partial charge >= 0.3 is 0 Å². The van der Waals surface area contributed by atoms with Crippen molar-refractivity contribution in [2.75, 3.05) is 11.9 Å². The fourth-order valence-electron chi connectivity index (χ4n) is 0.462. The Morgan fingerprint density at radius 3 is 3.25 bits per heavy atom. The van der Waals surface area contributed by atoms with Gasteiger partial charge in [0.25, 0.3) is 6.01 Å². The van der Waals surface area contributed by atoms with E-state index in [-0.39, 0.29) is 0 Å². The Hall–Kier alpha value is -0.990. The first-order valence-electron chi connectivity index (χ1n) is 2.57. The third-order valence-electron chi connectivity index (χ3n) is 0.760. The minimum Gasteiger partial charge on any atom is -0.432 e. The summed E-state index contributed by atoms with van der Waals surface area (Å²) in [5.74, 6) is 0. The van der Waals surface area contributed by atoms with Crippen LogP contribution < -0.4 is 5.32 Å². The summed E-state index contributed by atoms with van der Waals surface area (Å²) in [5.41, 5.74) is 0. The highest BCUT2D eigenvalue weighted by molar-refractivity contribution is 5.16. The van der Waals surface area contributed by atoms with Crippen molar-refractivity contribution in [1.29, 1.82) is 0 Å². The summed E-state index contributed by atoms with van der Waals surface area (Å²) >= 11 is 0. The Morgan fingerprint density at radius 1 is 1.88 bits per heavy atom. The molecule has 3 nitrogen and oxygen atoms in total. The Labute approximate surface area is 47.7 Å². The van der Waals surface area contributed by atoms with Gasteiger partial charge in [0.2, 0.25) is 0 Å². The maximum Gasteiger partial charge on any atom is 0.294 e. The van der Waals surface area contributed by atoms with E-state index >= 15 is 0 Å². The highest BCUT2D eigenvalue weighted by Gasteiger charge is 1.88. The van der Waals surface area contributed by atoms with E-state index in [2.05, 4.69) is 10.3 Å². The molecular formula is C5H8N2O. The predicted octanol–water partition coefficient (Wildman–Crippen LogP) is 1.11. The van der Waals surface area contributed by atoms with Crippen molar-refractivity contribution in [2.24, 2.45) is 0 Å². The summed E-state index contributed by atoms with van der Waals surface area (Å²) in [6.45, 7) is 2.84. The van der Waals surface area contributed by atoms with Gasteiger partial charge in [-0.1, -0.05) is 0 Å². The monoisotopic (exact) mass is 112 g/mol. The second kappa shape index (κ2) is 2.35. The Bertz CT molecular complexity index is 136. The molecule has 0 aromatic carbocycles. The van der Waals surface area contributed by atoms with Crippen molar-refractivity contribution in [3.8, 4) is 0 Å². The van der Waals surface area contributed by atoms with Gasteiger partial charge in [0.05, 0.1) is 6.20 Å². The zero-order valence-corrected chi connectivity index (χ0v) is 4.72. The van der Waals surface area contributed by atoms with Gasteiger partial charge in [-0.25, -0.2) is 4.98 Å². The number of oxazole rings is 1. The van der Waals surface area contributed by atoms with Crippen molar-refractivity contribution < 1.29 is 4.42 Å². The molecule has 0 saturated carbocycles. The predicted molar refractivity (Wildman–Crippen MR) is 30.7 cm³/mol. The number of anilines is 1. The molecule has 0 saturated heterocycles. The largest absolute Gasteiger partial charge is 0.432 e. The van der Waals surface area contributed by atoms with Gasteiger partial charge < -0.3 is 9.73 Å². The molecular weight excluding hydrogens is 104 g/mol. The van der Waals surface area contributed by atoms with Gasteiger partial charge in [0.1, 0.15) is 6.26 Å². The van der Waals surface area contributed by atoms with E-state index in [1.165, 1.54) is 6.26 Å². The summed E-state index contributed by atoms with van der Waals surface area (Å²) in [7, 11) is 0. The van der Waals surface area contributed by atoms with E-state index in [0.717, 1.165) is 6.54 Å². The van der Waals surface area contributed by atoms with Gasteiger partial charge in [-0.15, -0.1) is 0 Å². The maximum atomic E-state index is 4.85. The first-order valence-corrected chi connectivity index (χ1v) is 2.57. The molecule has 44 valence electrons. The van der Waals surface area contributed by atoms with Crippen LogP contribution in [0.5, 0.6) is 0 Å². The minimum absolute atomic E-state index is 0.590. The van der Waals surface area contributed by atoms with Crippen LogP contribution in [0.2, 0.25) is 0 Å². The molecule has 1 aromatic heterocycles. The van der Waals surface area contributed by atoms with Crippen molar-refractivity contribution in [2.45, 2.75) is 6.92 Å². The third-order valence-corrected chi connectivity index (χ3v) is 0.760. The highest BCUT2D eigenvalue weighted by Crippen LogP contribution is 1.98. The molecule has 0 amide bonds. The molecule has 0 bridgehead atoms. The highest BCUT2D eigenvalue weighted by atomic mass is 16.4. The Balaban J connectivity index is 2.50. The van der Waals surface area contributed by atoms with Gasteiger partial charge in [-0.05, 0) is 6.92 Å². The second-order valence-electron chi connectivity index (χ2n) is 1.37. The molecule has 1 rings (SSSR count). The lowest BCUT2D eigenvalue weighted by Gasteiger charge is -1.90. The van der Waals surface area contributed by atoms with Crippen molar-refractivity contribution in [3.63, 3.8) is 0 Å². The molecule has 0 unspecified atom stereocenters. The SMILES string of the molecule is CCNc1ncco1. The molecule has 1 N–H and O–H groups in total. The van der Waals surface area contributed by atoms with E-state index in [1.54, 1.807) is 6.20 Å². The average molecular weight is 112 g/mol. The van der Waals surface area contributed by atoms with Crippen LogP contribution in [0.15, 0.2) is 16.9 Å². The topological polar surface area (TPSA) is 38.1 Å². The average Bonchev–Trinajstić information content (AvgIpc) is 2.19. The lowest BCUT2D eigenvalue weighted by molar-refractivity contribution is 0.572. The van der Waals surface area contributed by atoms with Gasteiger partial charge in [0, 0.05) is 6.54 Å². The summed E-state index contributed by atoms with van der Waals surface area (Å²) in [5, 5.41) is 2.91. The standard InChI is InChI=1S/C5H8N2O/c1-2-6-5-7-3-4-8-5/h3-4H,2H2,1H3,(H,6,7). The molecule has 0 fully saturated rings. The summed E-state index contributed by atoms with van der Waals surface area (Å²) < 4.78 is 4.85. The number of aromatic nitrogens is 1. The van der Waals surface area contributed by atoms with E-state index in [0.29, 0.717) is 6.01 Å². The lowest BCUT2D eigenvalue weighted by atomic mass is 10.7. The van der Waals surface area contributed by atoms with Gasteiger partial charge in [-0.2, -0.15) is 0 Å². The normalized spacial score (nSPS) is 9.12. The van der Waals surface area contributed by atoms with Crippen LogP contribution in [0, 0.1) is 0 Å². The first kappa shape index (κ1) is 5.15. The second-order valence-corrected chi connectivity index (χ2v) is 1.37. The lowest BCUT2D eigenvalue weighted by Crippen LogP contribution is -1.95. The molecule has 0 spiro atoms. The molecule has 0 aliphatic rings. The van der Waals surface area contributed by atoms with Crippen molar-refractivity contribution in [3.05, 3.63) is 12.5 Å². The quantitative estimate of drug-likeness (QED) is 0.622. The number of nitrogens with zero attached hydrogens (tertiary/aromatic N) is 1. The minimum atomic E-state index is 0.590. The van der Waals surface area contributed by atoms with E-state index in [9.17, 15) is 0 Å². The summed E-state index contributed by atoms with van der Waals surface area (Å²) in [6, 6.07) is 0.590. The molecule has 0 radical (unpaired) electrons. The van der Waals surface area contributed by atoms with Crippen LogP contribution in [0.3, 0.4) is 0 Å². The number of nitrogens with one attached hydrogen (secondary N) is 1. The zero-order chi connectivity index (χ0) is 5.82. The molecule has 0 atom stereocenters. The Morgan fingerprint density at radius 2 is 2.75 bits per heavy atom. The van der Waals surface area contributed by atoms with Crippen LogP contribution in [0.4, 0.5) is 6.01 Å². The molecule has 8 heavy (non-hydrogen) atoms. The molecule has 3 heteroatoms. The first-order chi connectivity index (χ1) is 3.93. The smallest absolute Gasteiger partial charge is 0.294 e. The van der Waals surface area contributed by atoms with E-state index in [4.69, 9.17) is 4.42 Å². The number of hydrogen-bond acceptors (Lipinski definition) is 3. The number of hydrogen-bond donors (Lipinski definition) is 1.